The Morgan fingerprint density at radius 2 is 1.74 bits per heavy atom. The van der Waals surface area contributed by atoms with Crippen LogP contribution in [0.3, 0.4) is 0 Å². The predicted molar refractivity (Wildman–Crippen MR) is 77.8 cm³/mol. The quantitative estimate of drug-likeness (QED) is 0.842. The number of halogens is 1. The van der Waals surface area contributed by atoms with E-state index in [9.17, 15) is 13.5 Å². The summed E-state index contributed by atoms with van der Waals surface area (Å²) in [5, 5.41) is 9.78. The topological polar surface area (TPSA) is 66.4 Å². The average molecular weight is 342 g/mol. The van der Waals surface area contributed by atoms with Crippen molar-refractivity contribution >= 4 is 31.6 Å². The first-order chi connectivity index (χ1) is 8.90. The summed E-state index contributed by atoms with van der Waals surface area (Å²) in [6, 6.07) is 11.2. The molecule has 2 aromatic rings. The van der Waals surface area contributed by atoms with Gasteiger partial charge in [0, 0.05) is 0 Å². The summed E-state index contributed by atoms with van der Waals surface area (Å²) in [6.45, 7) is 1.88. The van der Waals surface area contributed by atoms with Gasteiger partial charge < -0.3 is 5.11 Å². The molecule has 0 aliphatic rings. The van der Waals surface area contributed by atoms with Crippen LogP contribution < -0.4 is 4.72 Å². The highest BCUT2D eigenvalue weighted by atomic mass is 79.9. The maximum Gasteiger partial charge on any atom is 0.262 e. The van der Waals surface area contributed by atoms with E-state index in [1.807, 2.05) is 6.92 Å². The first kappa shape index (κ1) is 13.9. The fourth-order valence-electron chi connectivity index (χ4n) is 1.52. The van der Waals surface area contributed by atoms with E-state index in [2.05, 4.69) is 20.7 Å². The highest BCUT2D eigenvalue weighted by molar-refractivity contribution is 9.10. The second kappa shape index (κ2) is 5.22. The highest BCUT2D eigenvalue weighted by Crippen LogP contribution is 2.32. The second-order valence-corrected chi connectivity index (χ2v) is 6.59. The molecule has 0 amide bonds. The molecular formula is C13H12BrNO3S. The maximum absolute atomic E-state index is 12.1. The zero-order valence-electron chi connectivity index (χ0n) is 10.1. The standard InChI is InChI=1S/C13H12BrNO3S/c1-9-5-7-10(8-6-9)19(17,18)15-12-4-2-3-11(14)13(12)16/h2-8,15-16H,1H3. The van der Waals surface area contributed by atoms with Crippen molar-refractivity contribution in [1.29, 1.82) is 0 Å². The van der Waals surface area contributed by atoms with Crippen molar-refractivity contribution in [3.05, 3.63) is 52.5 Å². The van der Waals surface area contributed by atoms with Gasteiger partial charge in [-0.15, -0.1) is 0 Å². The van der Waals surface area contributed by atoms with Crippen LogP contribution in [0.1, 0.15) is 5.56 Å². The predicted octanol–water partition coefficient (Wildman–Crippen LogP) is 3.26. The molecular weight excluding hydrogens is 330 g/mol. The lowest BCUT2D eigenvalue weighted by Crippen LogP contribution is -2.13. The van der Waals surface area contributed by atoms with Gasteiger partial charge in [0.25, 0.3) is 10.0 Å². The van der Waals surface area contributed by atoms with Gasteiger partial charge in [-0.1, -0.05) is 23.8 Å². The zero-order chi connectivity index (χ0) is 14.0. The molecule has 0 fully saturated rings. The van der Waals surface area contributed by atoms with Crippen LogP contribution in [0.4, 0.5) is 5.69 Å². The molecule has 0 saturated heterocycles. The third-order valence-corrected chi connectivity index (χ3v) is 4.58. The number of hydrogen-bond acceptors (Lipinski definition) is 3. The molecule has 0 aromatic heterocycles. The highest BCUT2D eigenvalue weighted by Gasteiger charge is 2.16. The van der Waals surface area contributed by atoms with E-state index in [-0.39, 0.29) is 16.3 Å². The van der Waals surface area contributed by atoms with Crippen molar-refractivity contribution in [3.63, 3.8) is 0 Å². The summed E-state index contributed by atoms with van der Waals surface area (Å²) in [7, 11) is -3.70. The monoisotopic (exact) mass is 341 g/mol. The van der Waals surface area contributed by atoms with Crippen molar-refractivity contribution < 1.29 is 13.5 Å². The molecule has 0 saturated carbocycles. The third-order valence-electron chi connectivity index (χ3n) is 2.56. The van der Waals surface area contributed by atoms with Crippen LogP contribution in [0.15, 0.2) is 51.8 Å². The first-order valence-corrected chi connectivity index (χ1v) is 7.75. The second-order valence-electron chi connectivity index (χ2n) is 4.05. The number of aromatic hydroxyl groups is 1. The number of benzene rings is 2. The Balaban J connectivity index is 2.36. The zero-order valence-corrected chi connectivity index (χ0v) is 12.5. The van der Waals surface area contributed by atoms with Crippen LogP contribution in [0, 0.1) is 6.92 Å². The van der Waals surface area contributed by atoms with Crippen LogP contribution in [-0.4, -0.2) is 13.5 Å². The summed E-state index contributed by atoms with van der Waals surface area (Å²) in [5.74, 6) is -0.141. The summed E-state index contributed by atoms with van der Waals surface area (Å²) in [4.78, 5) is 0.150. The largest absolute Gasteiger partial charge is 0.505 e. The van der Waals surface area contributed by atoms with Crippen molar-refractivity contribution in [1.82, 2.24) is 0 Å². The van der Waals surface area contributed by atoms with E-state index >= 15 is 0 Å². The molecule has 19 heavy (non-hydrogen) atoms. The van der Waals surface area contributed by atoms with Gasteiger partial charge in [0.2, 0.25) is 0 Å². The number of phenolic OH excluding ortho intramolecular Hbond substituents is 1. The maximum atomic E-state index is 12.1. The SMILES string of the molecule is Cc1ccc(S(=O)(=O)Nc2cccc(Br)c2O)cc1. The van der Waals surface area contributed by atoms with E-state index in [0.29, 0.717) is 4.47 Å². The summed E-state index contributed by atoms with van der Waals surface area (Å²) < 4.78 is 27.1. The fourth-order valence-corrected chi connectivity index (χ4v) is 2.95. The van der Waals surface area contributed by atoms with Gasteiger partial charge in [-0.25, -0.2) is 8.42 Å². The Bertz CT molecular complexity index is 696. The normalized spacial score (nSPS) is 11.3. The van der Waals surface area contributed by atoms with Crippen LogP contribution in [0.2, 0.25) is 0 Å². The minimum Gasteiger partial charge on any atom is -0.505 e. The van der Waals surface area contributed by atoms with Crippen LogP contribution in [0.25, 0.3) is 0 Å². The van der Waals surface area contributed by atoms with E-state index in [0.717, 1.165) is 5.56 Å². The molecule has 0 radical (unpaired) electrons. The van der Waals surface area contributed by atoms with Gasteiger partial charge in [0.05, 0.1) is 15.1 Å². The molecule has 2 rings (SSSR count). The number of anilines is 1. The lowest BCUT2D eigenvalue weighted by atomic mass is 10.2. The van der Waals surface area contributed by atoms with E-state index in [1.54, 1.807) is 24.3 Å². The van der Waals surface area contributed by atoms with E-state index < -0.39 is 10.0 Å². The van der Waals surface area contributed by atoms with Gasteiger partial charge in [0.15, 0.2) is 5.75 Å². The van der Waals surface area contributed by atoms with Gasteiger partial charge in [-0.05, 0) is 47.1 Å². The molecule has 0 bridgehead atoms. The van der Waals surface area contributed by atoms with Crippen molar-refractivity contribution in [2.45, 2.75) is 11.8 Å². The smallest absolute Gasteiger partial charge is 0.262 e. The molecule has 0 spiro atoms. The van der Waals surface area contributed by atoms with E-state index in [4.69, 9.17) is 0 Å². The molecule has 0 unspecified atom stereocenters. The van der Waals surface area contributed by atoms with Crippen LogP contribution in [-0.2, 0) is 10.0 Å². The Hall–Kier alpha value is -1.53. The molecule has 2 aromatic carbocycles. The van der Waals surface area contributed by atoms with Gasteiger partial charge in [0.1, 0.15) is 0 Å². The number of para-hydroxylation sites is 1. The Kier molecular flexibility index (Phi) is 3.82. The number of rotatable bonds is 3. The van der Waals surface area contributed by atoms with E-state index in [1.165, 1.54) is 18.2 Å². The summed E-state index contributed by atoms with van der Waals surface area (Å²) in [5.41, 5.74) is 1.11. The Morgan fingerprint density at radius 3 is 2.37 bits per heavy atom. The lowest BCUT2D eigenvalue weighted by molar-refractivity contribution is 0.474. The number of nitrogens with one attached hydrogen (secondary N) is 1. The number of phenols is 1. The van der Waals surface area contributed by atoms with Crippen LogP contribution >= 0.6 is 15.9 Å². The molecule has 0 aliphatic heterocycles. The molecule has 2 N–H and O–H groups in total. The van der Waals surface area contributed by atoms with Crippen molar-refractivity contribution in [3.8, 4) is 5.75 Å². The molecule has 4 nitrogen and oxygen atoms in total. The average Bonchev–Trinajstić information content (AvgIpc) is 2.35. The molecule has 0 atom stereocenters. The third kappa shape index (κ3) is 3.08. The van der Waals surface area contributed by atoms with Gasteiger partial charge >= 0.3 is 0 Å². The Labute approximate surface area is 120 Å². The summed E-state index contributed by atoms with van der Waals surface area (Å²) >= 11 is 3.13. The van der Waals surface area contributed by atoms with Gasteiger partial charge in [-0.3, -0.25) is 4.72 Å². The number of aryl methyl sites for hydroxylation is 1. The van der Waals surface area contributed by atoms with Crippen LogP contribution in [0.5, 0.6) is 5.75 Å². The molecule has 0 heterocycles. The molecule has 6 heteroatoms. The minimum atomic E-state index is -3.70. The minimum absolute atomic E-state index is 0.134. The Morgan fingerprint density at radius 1 is 1.11 bits per heavy atom. The molecule has 0 aliphatic carbocycles. The summed E-state index contributed by atoms with van der Waals surface area (Å²) in [6.07, 6.45) is 0. The number of hydrogen-bond donors (Lipinski definition) is 2. The number of sulfonamides is 1. The van der Waals surface area contributed by atoms with Gasteiger partial charge in [-0.2, -0.15) is 0 Å². The first-order valence-electron chi connectivity index (χ1n) is 5.47. The molecule has 100 valence electrons. The lowest BCUT2D eigenvalue weighted by Gasteiger charge is -2.10. The fraction of sp³-hybridized carbons (Fsp3) is 0.0769. The van der Waals surface area contributed by atoms with Crippen molar-refractivity contribution in [2.24, 2.45) is 0 Å². The van der Waals surface area contributed by atoms with Crippen molar-refractivity contribution in [2.75, 3.05) is 4.72 Å².